The lowest BCUT2D eigenvalue weighted by Gasteiger charge is -2.18. The van der Waals surface area contributed by atoms with Crippen LogP contribution in [0.2, 0.25) is 0 Å². The fourth-order valence-electron chi connectivity index (χ4n) is 1.33. The van der Waals surface area contributed by atoms with E-state index < -0.39 is 0 Å². The first-order chi connectivity index (χ1) is 6.09. The van der Waals surface area contributed by atoms with Crippen LogP contribution in [0.4, 0.5) is 0 Å². The topological polar surface area (TPSA) is 53.6 Å². The maximum absolute atomic E-state index is 5.26. The highest BCUT2D eigenvalue weighted by atomic mass is 32.1. The van der Waals surface area contributed by atoms with Crippen molar-refractivity contribution >= 4 is 23.0 Å². The van der Waals surface area contributed by atoms with Gasteiger partial charge in [0.25, 0.3) is 0 Å². The highest BCUT2D eigenvalue weighted by molar-refractivity contribution is 7.80. The lowest BCUT2D eigenvalue weighted by molar-refractivity contribution is 0.284. The summed E-state index contributed by atoms with van der Waals surface area (Å²) in [5.74, 6) is 0. The van der Waals surface area contributed by atoms with Gasteiger partial charge in [-0.1, -0.05) is 0 Å². The van der Waals surface area contributed by atoms with Gasteiger partial charge in [-0.3, -0.25) is 10.3 Å². The summed E-state index contributed by atoms with van der Waals surface area (Å²) in [5.41, 5.74) is 9.01. The Morgan fingerprint density at radius 1 is 1.69 bits per heavy atom. The van der Waals surface area contributed by atoms with E-state index in [9.17, 15) is 0 Å². The molecular weight excluding hydrogens is 184 g/mol. The van der Waals surface area contributed by atoms with Crippen LogP contribution in [0.5, 0.6) is 0 Å². The fraction of sp³-hybridized carbons (Fsp3) is 0.750. The smallest absolute Gasteiger partial charge is 0.184 e. The van der Waals surface area contributed by atoms with E-state index in [2.05, 4.69) is 41.5 Å². The van der Waals surface area contributed by atoms with Gasteiger partial charge >= 0.3 is 0 Å². The monoisotopic (exact) mass is 200 g/mol. The molecular formula is C8H16N4S. The number of hydrazone groups is 1. The summed E-state index contributed by atoms with van der Waals surface area (Å²) in [5, 5.41) is 4.35. The van der Waals surface area contributed by atoms with Crippen LogP contribution in [0.3, 0.4) is 0 Å². The average Bonchev–Trinajstić information content (AvgIpc) is 2.48. The first kappa shape index (κ1) is 10.4. The minimum atomic E-state index is 0.232. The van der Waals surface area contributed by atoms with Gasteiger partial charge in [0.2, 0.25) is 0 Å². The van der Waals surface area contributed by atoms with Gasteiger partial charge in [0.1, 0.15) is 0 Å². The average molecular weight is 200 g/mol. The van der Waals surface area contributed by atoms with Crippen LogP contribution < -0.4 is 11.2 Å². The zero-order valence-electron chi connectivity index (χ0n) is 8.08. The number of hydrogen-bond acceptors (Lipinski definition) is 3. The summed E-state index contributed by atoms with van der Waals surface area (Å²) in [4.78, 5) is 2.36. The molecule has 0 atom stereocenters. The van der Waals surface area contributed by atoms with E-state index >= 15 is 0 Å². The molecule has 0 saturated carbocycles. The molecule has 0 aromatic rings. The van der Waals surface area contributed by atoms with Crippen molar-refractivity contribution in [2.75, 3.05) is 13.1 Å². The maximum atomic E-state index is 5.26. The second-order valence-corrected chi connectivity index (χ2v) is 3.91. The van der Waals surface area contributed by atoms with Crippen molar-refractivity contribution in [2.24, 2.45) is 10.8 Å². The Balaban J connectivity index is 2.40. The second-order valence-electron chi connectivity index (χ2n) is 3.47. The Morgan fingerprint density at radius 2 is 2.38 bits per heavy atom. The summed E-state index contributed by atoms with van der Waals surface area (Å²) >= 11 is 4.66. The van der Waals surface area contributed by atoms with Gasteiger partial charge < -0.3 is 5.73 Å². The summed E-state index contributed by atoms with van der Waals surface area (Å²) in [6.07, 6.45) is 1.01. The summed E-state index contributed by atoms with van der Waals surface area (Å²) in [6.45, 7) is 6.37. The van der Waals surface area contributed by atoms with Crippen molar-refractivity contribution in [3.8, 4) is 0 Å². The lowest BCUT2D eigenvalue weighted by atomic mass is 10.3. The van der Waals surface area contributed by atoms with E-state index in [1.165, 1.54) is 0 Å². The minimum absolute atomic E-state index is 0.232. The summed E-state index contributed by atoms with van der Waals surface area (Å²) in [7, 11) is 0. The Hall–Kier alpha value is -0.680. The van der Waals surface area contributed by atoms with Crippen molar-refractivity contribution < 1.29 is 0 Å². The third-order valence-electron chi connectivity index (χ3n) is 2.13. The summed E-state index contributed by atoms with van der Waals surface area (Å²) < 4.78 is 0. The Morgan fingerprint density at radius 3 is 2.85 bits per heavy atom. The fourth-order valence-corrected chi connectivity index (χ4v) is 1.38. The molecule has 1 rings (SSSR count). The quantitative estimate of drug-likeness (QED) is 0.497. The predicted molar refractivity (Wildman–Crippen MR) is 58.7 cm³/mol. The van der Waals surface area contributed by atoms with Crippen LogP contribution in [0.25, 0.3) is 0 Å². The van der Waals surface area contributed by atoms with Crippen LogP contribution in [0.1, 0.15) is 20.3 Å². The number of hydrogen-bond donors (Lipinski definition) is 2. The molecule has 1 aliphatic rings. The SMILES string of the molecule is CC(C)N1CC/C(=N/NC(N)=S)C1. The van der Waals surface area contributed by atoms with Crippen molar-refractivity contribution in [2.45, 2.75) is 26.3 Å². The van der Waals surface area contributed by atoms with Crippen LogP contribution in [0, 0.1) is 0 Å². The molecule has 5 heteroatoms. The Bertz CT molecular complexity index is 224. The van der Waals surface area contributed by atoms with Crippen LogP contribution in [-0.2, 0) is 0 Å². The number of nitrogens with one attached hydrogen (secondary N) is 1. The largest absolute Gasteiger partial charge is 0.375 e. The van der Waals surface area contributed by atoms with Gasteiger partial charge in [-0.25, -0.2) is 0 Å². The number of nitrogens with zero attached hydrogens (tertiary/aromatic N) is 2. The van der Waals surface area contributed by atoms with Gasteiger partial charge in [-0.15, -0.1) is 0 Å². The van der Waals surface area contributed by atoms with Crippen molar-refractivity contribution in [1.29, 1.82) is 0 Å². The molecule has 1 saturated heterocycles. The number of thiocarbonyl (C=S) groups is 1. The molecule has 3 N–H and O–H groups in total. The first-order valence-electron chi connectivity index (χ1n) is 4.44. The zero-order valence-corrected chi connectivity index (χ0v) is 8.90. The number of rotatable bonds is 2. The molecule has 1 aliphatic heterocycles. The molecule has 0 bridgehead atoms. The third kappa shape index (κ3) is 3.28. The molecule has 0 aliphatic carbocycles. The molecule has 0 aromatic heterocycles. The molecule has 4 nitrogen and oxygen atoms in total. The number of nitrogens with two attached hydrogens (primary N) is 1. The normalized spacial score (nSPS) is 21.3. The van der Waals surface area contributed by atoms with Gasteiger partial charge in [-0.05, 0) is 26.1 Å². The predicted octanol–water partition coefficient (Wildman–Crippen LogP) is 0.290. The maximum Gasteiger partial charge on any atom is 0.184 e. The van der Waals surface area contributed by atoms with E-state index in [-0.39, 0.29) is 5.11 Å². The van der Waals surface area contributed by atoms with E-state index in [1.54, 1.807) is 0 Å². The molecule has 1 heterocycles. The van der Waals surface area contributed by atoms with Crippen LogP contribution in [-0.4, -0.2) is 34.9 Å². The standard InChI is InChI=1S/C8H16N4S/c1-6(2)12-4-3-7(5-12)10-11-8(9)13/h6H,3-5H2,1-2H3,(H3,9,11,13)/b10-7-. The van der Waals surface area contributed by atoms with E-state index in [4.69, 9.17) is 5.73 Å². The minimum Gasteiger partial charge on any atom is -0.375 e. The molecule has 74 valence electrons. The second kappa shape index (κ2) is 4.53. The molecule has 0 aromatic carbocycles. The molecule has 0 spiro atoms. The zero-order chi connectivity index (χ0) is 9.84. The molecule has 1 fully saturated rings. The van der Waals surface area contributed by atoms with Crippen LogP contribution >= 0.6 is 12.2 Å². The van der Waals surface area contributed by atoms with Gasteiger partial charge in [0, 0.05) is 25.6 Å². The highest BCUT2D eigenvalue weighted by Crippen LogP contribution is 2.08. The molecule has 0 unspecified atom stereocenters. The molecule has 13 heavy (non-hydrogen) atoms. The third-order valence-corrected chi connectivity index (χ3v) is 2.22. The van der Waals surface area contributed by atoms with Crippen LogP contribution in [0.15, 0.2) is 5.10 Å². The first-order valence-corrected chi connectivity index (χ1v) is 4.85. The lowest BCUT2D eigenvalue weighted by Crippen LogP contribution is -2.29. The van der Waals surface area contributed by atoms with Crippen molar-refractivity contribution in [1.82, 2.24) is 10.3 Å². The Labute approximate surface area is 84.2 Å². The van der Waals surface area contributed by atoms with Crippen molar-refractivity contribution in [3.05, 3.63) is 0 Å². The molecule has 0 radical (unpaired) electrons. The molecule has 0 amide bonds. The van der Waals surface area contributed by atoms with Crippen molar-refractivity contribution in [3.63, 3.8) is 0 Å². The van der Waals surface area contributed by atoms with Gasteiger partial charge in [0.05, 0.1) is 5.71 Å². The highest BCUT2D eigenvalue weighted by Gasteiger charge is 2.19. The number of likely N-dealkylation sites (tertiary alicyclic amines) is 1. The van der Waals surface area contributed by atoms with E-state index in [1.807, 2.05) is 0 Å². The van der Waals surface area contributed by atoms with Gasteiger partial charge in [-0.2, -0.15) is 5.10 Å². The van der Waals surface area contributed by atoms with Gasteiger partial charge in [0.15, 0.2) is 5.11 Å². The van der Waals surface area contributed by atoms with E-state index in [0.29, 0.717) is 6.04 Å². The van der Waals surface area contributed by atoms with E-state index in [0.717, 1.165) is 25.2 Å². The summed E-state index contributed by atoms with van der Waals surface area (Å²) in [6, 6.07) is 0.581. The Kier molecular flexibility index (Phi) is 3.62.